The van der Waals surface area contributed by atoms with Crippen LogP contribution < -0.4 is 0 Å². The summed E-state index contributed by atoms with van der Waals surface area (Å²) in [6.07, 6.45) is 1.09. The van der Waals surface area contributed by atoms with E-state index in [-0.39, 0.29) is 6.03 Å². The third-order valence-corrected chi connectivity index (χ3v) is 3.45. The van der Waals surface area contributed by atoms with Crippen molar-refractivity contribution in [1.29, 1.82) is 0 Å². The van der Waals surface area contributed by atoms with E-state index in [9.17, 15) is 4.79 Å². The molecule has 5 nitrogen and oxygen atoms in total. The van der Waals surface area contributed by atoms with E-state index < -0.39 is 0 Å². The molecule has 2 amide bonds. The summed E-state index contributed by atoms with van der Waals surface area (Å²) < 4.78 is 5.25. The molecule has 0 radical (unpaired) electrons. The second kappa shape index (κ2) is 5.01. The van der Waals surface area contributed by atoms with Crippen molar-refractivity contribution in [3.8, 4) is 0 Å². The molecule has 2 heterocycles. The highest BCUT2D eigenvalue weighted by molar-refractivity contribution is 5.75. The topological polar surface area (TPSA) is 36.0 Å². The Balaban J connectivity index is 1.86. The quantitative estimate of drug-likeness (QED) is 0.636. The van der Waals surface area contributed by atoms with Gasteiger partial charge in [-0.25, -0.2) is 4.79 Å². The molecule has 0 spiro atoms. The molecule has 0 unspecified atom stereocenters. The average Bonchev–Trinajstić information content (AvgIpc) is 2.78. The zero-order valence-electron chi connectivity index (χ0n) is 10.2. The molecular weight excluding hydrogens is 206 g/mol. The minimum Gasteiger partial charge on any atom is -0.378 e. The van der Waals surface area contributed by atoms with Crippen molar-refractivity contribution in [2.24, 2.45) is 0 Å². The molecule has 2 rings (SSSR count). The summed E-state index contributed by atoms with van der Waals surface area (Å²) in [7, 11) is 4.15. The zero-order chi connectivity index (χ0) is 11.5. The number of hydrogen-bond donors (Lipinski definition) is 0. The summed E-state index contributed by atoms with van der Waals surface area (Å²) >= 11 is 0. The predicted octanol–water partition coefficient (Wildman–Crippen LogP) is 0.0745. The van der Waals surface area contributed by atoms with E-state index in [2.05, 4.69) is 19.0 Å². The highest BCUT2D eigenvalue weighted by Gasteiger charge is 2.30. The van der Waals surface area contributed by atoms with E-state index in [0.29, 0.717) is 19.3 Å². The first kappa shape index (κ1) is 11.7. The largest absolute Gasteiger partial charge is 0.378 e. The van der Waals surface area contributed by atoms with Crippen LogP contribution in [0.25, 0.3) is 0 Å². The molecule has 2 aliphatic rings. The van der Waals surface area contributed by atoms with E-state index >= 15 is 0 Å². The number of morpholine rings is 1. The summed E-state index contributed by atoms with van der Waals surface area (Å²) in [5.41, 5.74) is 0. The number of carbonyl (C=O) groups is 1. The van der Waals surface area contributed by atoms with Crippen LogP contribution in [-0.4, -0.2) is 80.3 Å². The molecule has 0 N–H and O–H groups in total. The molecule has 1 atom stereocenters. The lowest BCUT2D eigenvalue weighted by molar-refractivity contribution is 0.0447. The van der Waals surface area contributed by atoms with E-state index in [1.54, 1.807) is 0 Å². The number of likely N-dealkylation sites (N-methyl/N-ethyl adjacent to an activating group) is 1. The second-order valence-corrected chi connectivity index (χ2v) is 4.73. The average molecular weight is 227 g/mol. The van der Waals surface area contributed by atoms with Gasteiger partial charge in [-0.15, -0.1) is 0 Å². The van der Waals surface area contributed by atoms with Gasteiger partial charge in [0, 0.05) is 32.2 Å². The molecule has 16 heavy (non-hydrogen) atoms. The molecule has 0 aromatic carbocycles. The van der Waals surface area contributed by atoms with Gasteiger partial charge in [-0.1, -0.05) is 0 Å². The van der Waals surface area contributed by atoms with E-state index in [1.807, 2.05) is 9.80 Å². The summed E-state index contributed by atoms with van der Waals surface area (Å²) in [6.45, 7) is 4.58. The minimum atomic E-state index is 0.188. The standard InChI is InChI=1S/C11H21N3O2/c1-12(2)10-3-4-14(9-10)11(15)13-5-7-16-8-6-13/h10H,3-9H2,1-2H3/t10-/m0/s1. The maximum atomic E-state index is 12.1. The fraction of sp³-hybridized carbons (Fsp3) is 0.909. The third-order valence-electron chi connectivity index (χ3n) is 3.45. The Morgan fingerprint density at radius 1 is 1.19 bits per heavy atom. The lowest BCUT2D eigenvalue weighted by Crippen LogP contribution is -2.48. The van der Waals surface area contributed by atoms with Crippen LogP contribution in [0.2, 0.25) is 0 Å². The molecule has 0 aliphatic carbocycles. The van der Waals surface area contributed by atoms with Crippen LogP contribution >= 0.6 is 0 Å². The van der Waals surface area contributed by atoms with Gasteiger partial charge >= 0.3 is 6.03 Å². The second-order valence-electron chi connectivity index (χ2n) is 4.73. The first-order valence-electron chi connectivity index (χ1n) is 5.96. The molecular formula is C11H21N3O2. The van der Waals surface area contributed by atoms with Gasteiger partial charge in [0.25, 0.3) is 0 Å². The maximum absolute atomic E-state index is 12.1. The number of ether oxygens (including phenoxy) is 1. The number of nitrogens with zero attached hydrogens (tertiary/aromatic N) is 3. The van der Waals surface area contributed by atoms with Crippen LogP contribution in [-0.2, 0) is 4.74 Å². The van der Waals surface area contributed by atoms with Crippen molar-refractivity contribution < 1.29 is 9.53 Å². The smallest absolute Gasteiger partial charge is 0.320 e. The van der Waals surface area contributed by atoms with E-state index in [4.69, 9.17) is 4.74 Å². The third kappa shape index (κ3) is 2.47. The number of amides is 2. The van der Waals surface area contributed by atoms with Crippen LogP contribution in [0.3, 0.4) is 0 Å². The Morgan fingerprint density at radius 2 is 1.88 bits per heavy atom. The number of rotatable bonds is 1. The highest BCUT2D eigenvalue weighted by Crippen LogP contribution is 2.15. The fourth-order valence-electron chi connectivity index (χ4n) is 2.29. The monoisotopic (exact) mass is 227 g/mol. The van der Waals surface area contributed by atoms with Gasteiger partial charge in [0.2, 0.25) is 0 Å². The van der Waals surface area contributed by atoms with Crippen molar-refractivity contribution in [3.63, 3.8) is 0 Å². The Morgan fingerprint density at radius 3 is 2.44 bits per heavy atom. The first-order valence-corrected chi connectivity index (χ1v) is 5.96. The van der Waals surface area contributed by atoms with Gasteiger partial charge < -0.3 is 19.4 Å². The Hall–Kier alpha value is -0.810. The van der Waals surface area contributed by atoms with E-state index in [0.717, 1.165) is 32.6 Å². The molecule has 92 valence electrons. The molecule has 0 bridgehead atoms. The van der Waals surface area contributed by atoms with Crippen molar-refractivity contribution >= 4 is 6.03 Å². The SMILES string of the molecule is CN(C)[C@H]1CCN(C(=O)N2CCOCC2)C1. The lowest BCUT2D eigenvalue weighted by Gasteiger charge is -2.31. The summed E-state index contributed by atoms with van der Waals surface area (Å²) in [4.78, 5) is 18.2. The number of carbonyl (C=O) groups excluding carboxylic acids is 1. The van der Waals surface area contributed by atoms with Gasteiger partial charge in [0.05, 0.1) is 13.2 Å². The van der Waals surface area contributed by atoms with Gasteiger partial charge in [-0.2, -0.15) is 0 Å². The number of likely N-dealkylation sites (tertiary alicyclic amines) is 1. The molecule has 2 fully saturated rings. The van der Waals surface area contributed by atoms with Crippen molar-refractivity contribution in [2.75, 3.05) is 53.5 Å². The normalized spacial score (nSPS) is 26.6. The Kier molecular flexibility index (Phi) is 3.66. The van der Waals surface area contributed by atoms with Crippen LogP contribution in [0, 0.1) is 0 Å². The van der Waals surface area contributed by atoms with E-state index in [1.165, 1.54) is 0 Å². The fourth-order valence-corrected chi connectivity index (χ4v) is 2.29. The van der Waals surface area contributed by atoms with Crippen molar-refractivity contribution in [1.82, 2.24) is 14.7 Å². The summed E-state index contributed by atoms with van der Waals surface area (Å²) in [5.74, 6) is 0. The van der Waals surface area contributed by atoms with Gasteiger partial charge in [-0.3, -0.25) is 0 Å². The Labute approximate surface area is 96.9 Å². The van der Waals surface area contributed by atoms with Crippen LogP contribution in [0.15, 0.2) is 0 Å². The van der Waals surface area contributed by atoms with Gasteiger partial charge in [0.1, 0.15) is 0 Å². The van der Waals surface area contributed by atoms with Crippen LogP contribution in [0.5, 0.6) is 0 Å². The molecule has 2 aliphatic heterocycles. The van der Waals surface area contributed by atoms with Crippen LogP contribution in [0.4, 0.5) is 4.79 Å². The molecule has 0 saturated carbocycles. The van der Waals surface area contributed by atoms with Gasteiger partial charge in [-0.05, 0) is 20.5 Å². The summed E-state index contributed by atoms with van der Waals surface area (Å²) in [5, 5.41) is 0. The molecule has 2 saturated heterocycles. The summed E-state index contributed by atoms with van der Waals surface area (Å²) in [6, 6.07) is 0.706. The van der Waals surface area contributed by atoms with Crippen LogP contribution in [0.1, 0.15) is 6.42 Å². The lowest BCUT2D eigenvalue weighted by atomic mass is 10.2. The number of hydrogen-bond acceptors (Lipinski definition) is 3. The minimum absolute atomic E-state index is 0.188. The molecule has 5 heteroatoms. The number of urea groups is 1. The van der Waals surface area contributed by atoms with Crippen molar-refractivity contribution in [2.45, 2.75) is 12.5 Å². The highest BCUT2D eigenvalue weighted by atomic mass is 16.5. The molecule has 0 aromatic heterocycles. The molecule has 0 aromatic rings. The zero-order valence-corrected chi connectivity index (χ0v) is 10.2. The first-order chi connectivity index (χ1) is 7.68. The maximum Gasteiger partial charge on any atom is 0.320 e. The van der Waals surface area contributed by atoms with Gasteiger partial charge in [0.15, 0.2) is 0 Å². The van der Waals surface area contributed by atoms with Crippen molar-refractivity contribution in [3.05, 3.63) is 0 Å². The predicted molar refractivity (Wildman–Crippen MR) is 61.5 cm³/mol. The Bertz CT molecular complexity index is 252.